The number of nitrogens with one attached hydrogen (secondary N) is 3. The van der Waals surface area contributed by atoms with Crippen LogP contribution in [0, 0.1) is 17.8 Å². The fraction of sp³-hybridized carbons (Fsp3) is 0.636. The molecule has 1 aromatic carbocycles. The standard InChI is InChI=1S/C22H33N3O2.ClH/c1-16(17-10-12-23-13-11-17)14-21(26)24-19-8-5-9-20(15-19)25-22(27)18-6-3-2-4-7-18;/h5,8-9,15-18,23H,2-4,6-7,10-14H2,1H3,(H,24,26)(H,25,27);1H. The minimum atomic E-state index is 0. The van der Waals surface area contributed by atoms with Crippen LogP contribution in [0.15, 0.2) is 24.3 Å². The molecule has 1 aliphatic heterocycles. The molecule has 6 heteroatoms. The van der Waals surface area contributed by atoms with Gasteiger partial charge in [-0.15, -0.1) is 12.4 Å². The first kappa shape index (κ1) is 22.7. The average Bonchev–Trinajstić information content (AvgIpc) is 2.69. The highest BCUT2D eigenvalue weighted by atomic mass is 35.5. The van der Waals surface area contributed by atoms with Gasteiger partial charge in [-0.3, -0.25) is 9.59 Å². The van der Waals surface area contributed by atoms with E-state index in [1.54, 1.807) is 0 Å². The number of carbonyl (C=O) groups excluding carboxylic acids is 2. The van der Waals surface area contributed by atoms with Gasteiger partial charge in [0.1, 0.15) is 0 Å². The van der Waals surface area contributed by atoms with Gasteiger partial charge in [0.25, 0.3) is 0 Å². The van der Waals surface area contributed by atoms with Gasteiger partial charge in [-0.25, -0.2) is 0 Å². The Morgan fingerprint density at radius 3 is 2.36 bits per heavy atom. The van der Waals surface area contributed by atoms with E-state index >= 15 is 0 Å². The zero-order chi connectivity index (χ0) is 19.1. The second-order valence-corrected chi connectivity index (χ2v) is 8.22. The first-order valence-electron chi connectivity index (χ1n) is 10.5. The van der Waals surface area contributed by atoms with E-state index in [-0.39, 0.29) is 30.1 Å². The van der Waals surface area contributed by atoms with Crippen molar-refractivity contribution < 1.29 is 9.59 Å². The van der Waals surface area contributed by atoms with Crippen molar-refractivity contribution in [1.82, 2.24) is 5.32 Å². The van der Waals surface area contributed by atoms with E-state index in [0.29, 0.717) is 18.3 Å². The monoisotopic (exact) mass is 407 g/mol. The van der Waals surface area contributed by atoms with E-state index < -0.39 is 0 Å². The second-order valence-electron chi connectivity index (χ2n) is 8.22. The van der Waals surface area contributed by atoms with Crippen molar-refractivity contribution >= 4 is 35.6 Å². The molecule has 3 N–H and O–H groups in total. The van der Waals surface area contributed by atoms with Gasteiger partial charge in [-0.05, 0) is 68.8 Å². The van der Waals surface area contributed by atoms with Crippen LogP contribution in [0.5, 0.6) is 0 Å². The maximum Gasteiger partial charge on any atom is 0.227 e. The van der Waals surface area contributed by atoms with Gasteiger partial charge in [0, 0.05) is 23.7 Å². The molecule has 1 saturated heterocycles. The molecular weight excluding hydrogens is 374 g/mol. The van der Waals surface area contributed by atoms with E-state index in [2.05, 4.69) is 22.9 Å². The summed E-state index contributed by atoms with van der Waals surface area (Å²) in [5.74, 6) is 1.30. The van der Waals surface area contributed by atoms with Crippen molar-refractivity contribution in [1.29, 1.82) is 0 Å². The molecule has 2 amide bonds. The first-order chi connectivity index (χ1) is 13.1. The van der Waals surface area contributed by atoms with E-state index in [1.165, 1.54) is 6.42 Å². The summed E-state index contributed by atoms with van der Waals surface area (Å²) in [4.78, 5) is 24.9. The lowest BCUT2D eigenvalue weighted by molar-refractivity contribution is -0.120. The number of anilines is 2. The molecule has 1 aliphatic carbocycles. The van der Waals surface area contributed by atoms with Crippen LogP contribution in [-0.4, -0.2) is 24.9 Å². The van der Waals surface area contributed by atoms with Crippen molar-refractivity contribution in [2.75, 3.05) is 23.7 Å². The Labute approximate surface area is 174 Å². The molecule has 0 bridgehead atoms. The quantitative estimate of drug-likeness (QED) is 0.645. The van der Waals surface area contributed by atoms with Crippen molar-refractivity contribution in [2.45, 2.75) is 58.3 Å². The molecule has 0 spiro atoms. The maximum atomic E-state index is 12.4. The third kappa shape index (κ3) is 6.78. The predicted molar refractivity (Wildman–Crippen MR) is 117 cm³/mol. The Bertz CT molecular complexity index is 640. The summed E-state index contributed by atoms with van der Waals surface area (Å²) in [5.41, 5.74) is 1.51. The minimum absolute atomic E-state index is 0. The van der Waals surface area contributed by atoms with Gasteiger partial charge >= 0.3 is 0 Å². The molecule has 156 valence electrons. The zero-order valence-electron chi connectivity index (χ0n) is 16.8. The lowest BCUT2D eigenvalue weighted by atomic mass is 9.84. The van der Waals surface area contributed by atoms with Gasteiger partial charge in [0.05, 0.1) is 0 Å². The molecular formula is C22H34ClN3O2. The molecule has 1 aromatic rings. The number of rotatable bonds is 6. The molecule has 3 rings (SSSR count). The molecule has 28 heavy (non-hydrogen) atoms. The molecule has 0 aromatic heterocycles. The highest BCUT2D eigenvalue weighted by Crippen LogP contribution is 2.26. The largest absolute Gasteiger partial charge is 0.326 e. The normalized spacial score (nSPS) is 19.3. The van der Waals surface area contributed by atoms with Gasteiger partial charge in [-0.1, -0.05) is 32.3 Å². The molecule has 1 saturated carbocycles. The molecule has 1 heterocycles. The number of carbonyl (C=O) groups is 2. The molecule has 2 aliphatic rings. The number of hydrogen-bond acceptors (Lipinski definition) is 3. The number of hydrogen-bond donors (Lipinski definition) is 3. The van der Waals surface area contributed by atoms with Gasteiger partial charge < -0.3 is 16.0 Å². The first-order valence-corrected chi connectivity index (χ1v) is 10.5. The van der Waals surface area contributed by atoms with Crippen LogP contribution >= 0.6 is 12.4 Å². The number of benzene rings is 1. The molecule has 1 atom stereocenters. The minimum Gasteiger partial charge on any atom is -0.326 e. The summed E-state index contributed by atoms with van der Waals surface area (Å²) < 4.78 is 0. The van der Waals surface area contributed by atoms with Crippen LogP contribution in [0.2, 0.25) is 0 Å². The lowest BCUT2D eigenvalue weighted by Crippen LogP contribution is -2.32. The van der Waals surface area contributed by atoms with Gasteiger partial charge in [0.2, 0.25) is 11.8 Å². The molecule has 5 nitrogen and oxygen atoms in total. The lowest BCUT2D eigenvalue weighted by Gasteiger charge is -2.27. The van der Waals surface area contributed by atoms with Crippen molar-refractivity contribution in [3.05, 3.63) is 24.3 Å². The molecule has 1 unspecified atom stereocenters. The van der Waals surface area contributed by atoms with Crippen molar-refractivity contribution in [3.63, 3.8) is 0 Å². The van der Waals surface area contributed by atoms with E-state index in [4.69, 9.17) is 0 Å². The zero-order valence-corrected chi connectivity index (χ0v) is 17.7. The summed E-state index contributed by atoms with van der Waals surface area (Å²) >= 11 is 0. The summed E-state index contributed by atoms with van der Waals surface area (Å²) in [5, 5.41) is 9.39. The summed E-state index contributed by atoms with van der Waals surface area (Å²) in [6, 6.07) is 7.49. The van der Waals surface area contributed by atoms with Crippen molar-refractivity contribution in [3.8, 4) is 0 Å². The highest BCUT2D eigenvalue weighted by Gasteiger charge is 2.23. The fourth-order valence-electron chi connectivity index (χ4n) is 4.37. The van der Waals surface area contributed by atoms with Crippen LogP contribution in [-0.2, 0) is 9.59 Å². The van der Waals surface area contributed by atoms with E-state index in [0.717, 1.165) is 63.0 Å². The average molecular weight is 408 g/mol. The smallest absolute Gasteiger partial charge is 0.227 e. The molecule has 0 radical (unpaired) electrons. The topological polar surface area (TPSA) is 70.2 Å². The van der Waals surface area contributed by atoms with Crippen LogP contribution in [0.25, 0.3) is 0 Å². The Morgan fingerprint density at radius 2 is 1.68 bits per heavy atom. The van der Waals surface area contributed by atoms with E-state index in [1.807, 2.05) is 24.3 Å². The Kier molecular flexibility index (Phi) is 9.26. The van der Waals surface area contributed by atoms with Gasteiger partial charge in [0.15, 0.2) is 0 Å². The van der Waals surface area contributed by atoms with Crippen LogP contribution in [0.4, 0.5) is 11.4 Å². The van der Waals surface area contributed by atoms with Crippen LogP contribution in [0.1, 0.15) is 58.3 Å². The summed E-state index contributed by atoms with van der Waals surface area (Å²) in [6.45, 7) is 4.29. The Balaban J connectivity index is 0.00000280. The third-order valence-electron chi connectivity index (χ3n) is 6.09. The predicted octanol–water partition coefficient (Wildman–Crippen LogP) is 4.59. The second kappa shape index (κ2) is 11.4. The highest BCUT2D eigenvalue weighted by molar-refractivity contribution is 5.95. The number of piperidine rings is 1. The maximum absolute atomic E-state index is 12.4. The fourth-order valence-corrected chi connectivity index (χ4v) is 4.37. The van der Waals surface area contributed by atoms with E-state index in [9.17, 15) is 9.59 Å². The number of halogens is 1. The molecule has 2 fully saturated rings. The summed E-state index contributed by atoms with van der Waals surface area (Å²) in [6.07, 6.45) is 8.33. The Morgan fingerprint density at radius 1 is 1.04 bits per heavy atom. The van der Waals surface area contributed by atoms with Gasteiger partial charge in [-0.2, -0.15) is 0 Å². The van der Waals surface area contributed by atoms with Crippen LogP contribution < -0.4 is 16.0 Å². The van der Waals surface area contributed by atoms with Crippen LogP contribution in [0.3, 0.4) is 0 Å². The Hall–Kier alpha value is -1.59. The number of amides is 2. The SMILES string of the molecule is CC(CC(=O)Nc1cccc(NC(=O)C2CCCCC2)c1)C1CCNCC1.Cl. The third-order valence-corrected chi connectivity index (χ3v) is 6.09. The summed E-state index contributed by atoms with van der Waals surface area (Å²) in [7, 11) is 0. The van der Waals surface area contributed by atoms with Crippen molar-refractivity contribution in [2.24, 2.45) is 17.8 Å².